The Morgan fingerprint density at radius 1 is 1.00 bits per heavy atom. The molecule has 1 spiro atoms. The maximum Gasteiger partial charge on any atom is 0.231 e. The Bertz CT molecular complexity index is 770. The van der Waals surface area contributed by atoms with E-state index in [0.717, 1.165) is 43.4 Å². The second-order valence-electron chi connectivity index (χ2n) is 7.95. The minimum Gasteiger partial charge on any atom is -0.308 e. The SMILES string of the molecule is O=C1CCCC2=C1C1(CCCC1)CC1c3ccccc3CC(=O)N21. The molecule has 1 atom stereocenters. The van der Waals surface area contributed by atoms with Gasteiger partial charge in [-0.05, 0) is 43.2 Å². The van der Waals surface area contributed by atoms with Gasteiger partial charge in [0, 0.05) is 23.1 Å². The predicted molar refractivity (Wildman–Crippen MR) is 91.1 cm³/mol. The average Bonchev–Trinajstić information content (AvgIpc) is 3.03. The first-order valence-corrected chi connectivity index (χ1v) is 9.36. The van der Waals surface area contributed by atoms with Gasteiger partial charge in [0.15, 0.2) is 5.78 Å². The lowest BCUT2D eigenvalue weighted by molar-refractivity contribution is -0.134. The Kier molecular flexibility index (Phi) is 3.04. The van der Waals surface area contributed by atoms with Gasteiger partial charge < -0.3 is 4.90 Å². The maximum atomic E-state index is 12.9. The third-order valence-electron chi connectivity index (χ3n) is 6.69. The number of carbonyl (C=O) groups excluding carboxylic acids is 2. The molecule has 1 fully saturated rings. The zero-order valence-electron chi connectivity index (χ0n) is 14.0. The van der Waals surface area contributed by atoms with E-state index in [4.69, 9.17) is 0 Å². The molecule has 3 heteroatoms. The van der Waals surface area contributed by atoms with Crippen molar-refractivity contribution in [3.8, 4) is 0 Å². The van der Waals surface area contributed by atoms with Crippen LogP contribution in [0.3, 0.4) is 0 Å². The second kappa shape index (κ2) is 5.05. The normalized spacial score (nSPS) is 28.0. The van der Waals surface area contributed by atoms with Gasteiger partial charge in [0.2, 0.25) is 5.91 Å². The molecular weight excluding hydrogens is 298 g/mol. The molecule has 2 heterocycles. The van der Waals surface area contributed by atoms with Gasteiger partial charge >= 0.3 is 0 Å². The van der Waals surface area contributed by atoms with E-state index >= 15 is 0 Å². The van der Waals surface area contributed by atoms with E-state index in [1.54, 1.807) is 0 Å². The van der Waals surface area contributed by atoms with E-state index in [9.17, 15) is 9.59 Å². The Morgan fingerprint density at radius 2 is 1.79 bits per heavy atom. The van der Waals surface area contributed by atoms with E-state index < -0.39 is 0 Å². The summed E-state index contributed by atoms with van der Waals surface area (Å²) in [6.07, 6.45) is 8.56. The van der Waals surface area contributed by atoms with Crippen LogP contribution < -0.4 is 0 Å². The number of nitrogens with zero attached hydrogens (tertiary/aromatic N) is 1. The predicted octanol–water partition coefficient (Wildman–Crippen LogP) is 4.08. The fraction of sp³-hybridized carbons (Fsp3) is 0.524. The molecule has 1 aromatic rings. The van der Waals surface area contributed by atoms with Crippen LogP contribution in [0.25, 0.3) is 0 Å². The third kappa shape index (κ3) is 1.84. The summed E-state index contributed by atoms with van der Waals surface area (Å²) in [6.45, 7) is 0. The number of Topliss-reactive ketones (excluding diaryl/α,β-unsaturated/α-hetero) is 1. The van der Waals surface area contributed by atoms with Crippen molar-refractivity contribution in [3.63, 3.8) is 0 Å². The monoisotopic (exact) mass is 321 g/mol. The number of ketones is 1. The lowest BCUT2D eigenvalue weighted by Gasteiger charge is -2.51. The van der Waals surface area contributed by atoms with Crippen molar-refractivity contribution >= 4 is 11.7 Å². The molecule has 1 unspecified atom stereocenters. The summed E-state index contributed by atoms with van der Waals surface area (Å²) in [5.74, 6) is 0.511. The molecular formula is C21H23NO2. The van der Waals surface area contributed by atoms with Gasteiger partial charge in [-0.25, -0.2) is 0 Å². The Hall–Kier alpha value is -1.90. The van der Waals surface area contributed by atoms with Crippen LogP contribution in [0.4, 0.5) is 0 Å². The molecule has 0 saturated heterocycles. The summed E-state index contributed by atoms with van der Waals surface area (Å²) in [5.41, 5.74) is 4.67. The Balaban J connectivity index is 1.73. The van der Waals surface area contributed by atoms with Gasteiger partial charge in [-0.1, -0.05) is 37.1 Å². The van der Waals surface area contributed by atoms with E-state index in [-0.39, 0.29) is 17.4 Å². The van der Waals surface area contributed by atoms with E-state index in [1.165, 1.54) is 24.0 Å². The van der Waals surface area contributed by atoms with Gasteiger partial charge in [0.25, 0.3) is 0 Å². The number of rotatable bonds is 0. The summed E-state index contributed by atoms with van der Waals surface area (Å²) in [5, 5.41) is 0. The zero-order valence-corrected chi connectivity index (χ0v) is 14.0. The van der Waals surface area contributed by atoms with Crippen molar-refractivity contribution in [1.82, 2.24) is 4.90 Å². The second-order valence-corrected chi connectivity index (χ2v) is 7.95. The lowest BCUT2D eigenvalue weighted by Crippen LogP contribution is -2.49. The first-order chi connectivity index (χ1) is 11.7. The van der Waals surface area contributed by atoms with Gasteiger partial charge in [0.05, 0.1) is 12.5 Å². The number of hydrogen-bond acceptors (Lipinski definition) is 2. The average molecular weight is 321 g/mol. The first-order valence-electron chi connectivity index (χ1n) is 9.36. The molecule has 2 aliphatic heterocycles. The molecule has 0 radical (unpaired) electrons. The molecule has 1 aromatic carbocycles. The van der Waals surface area contributed by atoms with Crippen molar-refractivity contribution in [3.05, 3.63) is 46.7 Å². The van der Waals surface area contributed by atoms with Crippen LogP contribution in [0.5, 0.6) is 0 Å². The molecule has 0 aromatic heterocycles. The molecule has 1 saturated carbocycles. The van der Waals surface area contributed by atoms with Crippen molar-refractivity contribution in [1.29, 1.82) is 0 Å². The highest BCUT2D eigenvalue weighted by molar-refractivity contribution is 6.00. The summed E-state index contributed by atoms with van der Waals surface area (Å²) >= 11 is 0. The summed E-state index contributed by atoms with van der Waals surface area (Å²) in [6, 6.07) is 8.56. The summed E-state index contributed by atoms with van der Waals surface area (Å²) in [7, 11) is 0. The Labute approximate surface area is 142 Å². The first kappa shape index (κ1) is 14.4. The molecule has 2 aliphatic carbocycles. The van der Waals surface area contributed by atoms with Crippen LogP contribution in [0.2, 0.25) is 0 Å². The molecule has 124 valence electrons. The molecule has 4 aliphatic rings. The highest BCUT2D eigenvalue weighted by atomic mass is 16.2. The van der Waals surface area contributed by atoms with E-state index in [1.807, 2.05) is 11.0 Å². The molecule has 0 N–H and O–H groups in total. The number of carbonyl (C=O) groups is 2. The van der Waals surface area contributed by atoms with E-state index in [2.05, 4.69) is 18.2 Å². The van der Waals surface area contributed by atoms with Crippen molar-refractivity contribution in [2.45, 2.75) is 63.8 Å². The molecule has 1 amide bonds. The summed E-state index contributed by atoms with van der Waals surface area (Å²) < 4.78 is 0. The van der Waals surface area contributed by atoms with E-state index in [0.29, 0.717) is 18.6 Å². The smallest absolute Gasteiger partial charge is 0.231 e. The van der Waals surface area contributed by atoms with Crippen LogP contribution in [-0.4, -0.2) is 16.6 Å². The summed E-state index contributed by atoms with van der Waals surface area (Å²) in [4.78, 5) is 27.8. The molecule has 24 heavy (non-hydrogen) atoms. The van der Waals surface area contributed by atoms with Gasteiger partial charge in [0.1, 0.15) is 0 Å². The highest BCUT2D eigenvalue weighted by Gasteiger charge is 2.52. The Morgan fingerprint density at radius 3 is 2.62 bits per heavy atom. The molecule has 5 rings (SSSR count). The fourth-order valence-corrected chi connectivity index (χ4v) is 5.77. The molecule has 3 nitrogen and oxygen atoms in total. The van der Waals surface area contributed by atoms with Gasteiger partial charge in [-0.2, -0.15) is 0 Å². The minimum absolute atomic E-state index is 0.0404. The quantitative estimate of drug-likeness (QED) is 0.722. The van der Waals surface area contributed by atoms with Crippen molar-refractivity contribution in [2.75, 3.05) is 0 Å². The maximum absolute atomic E-state index is 12.9. The number of hydrogen-bond donors (Lipinski definition) is 0. The zero-order chi connectivity index (χ0) is 16.3. The number of amides is 1. The van der Waals surface area contributed by atoms with Crippen LogP contribution in [0, 0.1) is 5.41 Å². The lowest BCUT2D eigenvalue weighted by atomic mass is 9.64. The van der Waals surface area contributed by atoms with Crippen LogP contribution in [-0.2, 0) is 16.0 Å². The minimum atomic E-state index is 0.0404. The highest BCUT2D eigenvalue weighted by Crippen LogP contribution is 2.58. The number of fused-ring (bicyclic) bond motifs is 5. The number of benzene rings is 1. The largest absolute Gasteiger partial charge is 0.308 e. The van der Waals surface area contributed by atoms with Gasteiger partial charge in [-0.3, -0.25) is 9.59 Å². The molecule has 0 bridgehead atoms. The van der Waals surface area contributed by atoms with Crippen LogP contribution in [0.15, 0.2) is 35.5 Å². The van der Waals surface area contributed by atoms with Crippen LogP contribution >= 0.6 is 0 Å². The van der Waals surface area contributed by atoms with Crippen LogP contribution in [0.1, 0.15) is 68.5 Å². The topological polar surface area (TPSA) is 37.4 Å². The third-order valence-corrected chi connectivity index (χ3v) is 6.69. The van der Waals surface area contributed by atoms with Crippen molar-refractivity contribution < 1.29 is 9.59 Å². The standard InChI is InChI=1S/C21H23NO2/c23-18-9-5-8-16-20(18)21(10-3-4-11-21)13-17-15-7-2-1-6-14(15)12-19(24)22(16)17/h1-2,6-7,17H,3-5,8-13H2. The van der Waals surface area contributed by atoms with Crippen molar-refractivity contribution in [2.24, 2.45) is 5.41 Å². The number of allylic oxidation sites excluding steroid dienone is 2. The fourth-order valence-electron chi connectivity index (χ4n) is 5.77. The van der Waals surface area contributed by atoms with Gasteiger partial charge in [-0.15, -0.1) is 0 Å².